The minimum Gasteiger partial charge on any atom is -0.480 e. The van der Waals surface area contributed by atoms with E-state index in [4.69, 9.17) is 16.7 Å². The van der Waals surface area contributed by atoms with E-state index in [0.717, 1.165) is 29.0 Å². The molecular weight excluding hydrogens is 250 g/mol. The normalized spacial score (nSPS) is 12.4. The van der Waals surface area contributed by atoms with Crippen molar-refractivity contribution in [2.24, 2.45) is 0 Å². The molecule has 0 aliphatic heterocycles. The van der Waals surface area contributed by atoms with E-state index in [9.17, 15) is 4.79 Å². The summed E-state index contributed by atoms with van der Waals surface area (Å²) in [5.74, 6) is -0.790. The molecule has 1 unspecified atom stereocenters. The zero-order chi connectivity index (χ0) is 13.5. The molecule has 0 aliphatic rings. The molecule has 1 rings (SSSR count). The van der Waals surface area contributed by atoms with Crippen LogP contribution in [0.1, 0.15) is 37.3 Å². The van der Waals surface area contributed by atoms with Crippen LogP contribution in [0.4, 0.5) is 0 Å². The summed E-state index contributed by atoms with van der Waals surface area (Å²) in [5.41, 5.74) is 2.04. The van der Waals surface area contributed by atoms with Crippen LogP contribution in [0.2, 0.25) is 5.02 Å². The number of carboxylic acids is 1. The Labute approximate surface area is 113 Å². The van der Waals surface area contributed by atoms with Gasteiger partial charge in [-0.25, -0.2) is 0 Å². The number of nitrogens with one attached hydrogen (secondary N) is 1. The maximum Gasteiger partial charge on any atom is 0.320 e. The van der Waals surface area contributed by atoms with E-state index >= 15 is 0 Å². The molecule has 1 atom stereocenters. The average Bonchev–Trinajstić information content (AvgIpc) is 2.33. The highest BCUT2D eigenvalue weighted by Crippen LogP contribution is 2.16. The van der Waals surface area contributed by atoms with Gasteiger partial charge in [-0.15, -0.1) is 0 Å². The molecule has 1 aromatic rings. The number of unbranched alkanes of at least 4 members (excludes halogenated alkanes) is 1. The Balaban J connectivity index is 2.55. The molecule has 1 aromatic carbocycles. The van der Waals surface area contributed by atoms with Gasteiger partial charge in [-0.3, -0.25) is 4.79 Å². The zero-order valence-corrected chi connectivity index (χ0v) is 11.6. The van der Waals surface area contributed by atoms with Crippen molar-refractivity contribution in [1.82, 2.24) is 5.32 Å². The summed E-state index contributed by atoms with van der Waals surface area (Å²) >= 11 is 6.03. The number of carbonyl (C=O) groups is 1. The Hall–Kier alpha value is -1.06. The van der Waals surface area contributed by atoms with E-state index in [1.54, 1.807) is 0 Å². The lowest BCUT2D eigenvalue weighted by Gasteiger charge is -2.14. The number of halogens is 1. The van der Waals surface area contributed by atoms with Gasteiger partial charge >= 0.3 is 5.97 Å². The fourth-order valence-corrected chi connectivity index (χ4v) is 1.91. The van der Waals surface area contributed by atoms with Crippen LogP contribution in [0.5, 0.6) is 0 Å². The first-order valence-corrected chi connectivity index (χ1v) is 6.63. The molecule has 0 radical (unpaired) electrons. The minimum absolute atomic E-state index is 0.481. The zero-order valence-electron chi connectivity index (χ0n) is 10.9. The second-order valence-corrected chi connectivity index (χ2v) is 4.90. The fourth-order valence-electron chi connectivity index (χ4n) is 1.71. The van der Waals surface area contributed by atoms with Gasteiger partial charge in [0.25, 0.3) is 0 Å². The van der Waals surface area contributed by atoms with Gasteiger partial charge in [-0.2, -0.15) is 0 Å². The Bertz CT molecular complexity index is 407. The van der Waals surface area contributed by atoms with E-state index in [1.165, 1.54) is 0 Å². The van der Waals surface area contributed by atoms with Crippen molar-refractivity contribution in [2.75, 3.05) is 0 Å². The predicted molar refractivity (Wildman–Crippen MR) is 74.0 cm³/mol. The Morgan fingerprint density at radius 1 is 1.50 bits per heavy atom. The standard InChI is InChI=1S/C14H20ClNO2/c1-3-4-5-13(14(17)18)16-9-11-7-6-10(2)12(15)8-11/h6-8,13,16H,3-5,9H2,1-2H3,(H,17,18). The van der Waals surface area contributed by atoms with Crippen LogP contribution < -0.4 is 5.32 Å². The molecule has 0 spiro atoms. The van der Waals surface area contributed by atoms with Gasteiger partial charge < -0.3 is 10.4 Å². The maximum atomic E-state index is 11.1. The Kier molecular flexibility index (Phi) is 6.16. The molecule has 18 heavy (non-hydrogen) atoms. The van der Waals surface area contributed by atoms with Crippen LogP contribution in [0.15, 0.2) is 18.2 Å². The topological polar surface area (TPSA) is 49.3 Å². The SMILES string of the molecule is CCCCC(NCc1ccc(C)c(Cl)c1)C(=O)O. The van der Waals surface area contributed by atoms with Crippen molar-refractivity contribution in [2.45, 2.75) is 45.7 Å². The third kappa shape index (κ3) is 4.67. The number of benzene rings is 1. The van der Waals surface area contributed by atoms with Crippen LogP contribution in [-0.2, 0) is 11.3 Å². The lowest BCUT2D eigenvalue weighted by atomic mass is 10.1. The Morgan fingerprint density at radius 3 is 2.78 bits per heavy atom. The number of carboxylic acid groups (broad SMARTS) is 1. The molecule has 0 fully saturated rings. The molecule has 4 heteroatoms. The van der Waals surface area contributed by atoms with Gasteiger partial charge in [0.1, 0.15) is 6.04 Å². The summed E-state index contributed by atoms with van der Waals surface area (Å²) in [4.78, 5) is 11.1. The molecular formula is C14H20ClNO2. The van der Waals surface area contributed by atoms with E-state index in [2.05, 4.69) is 12.2 Å². The number of aryl methyl sites for hydroxylation is 1. The molecule has 0 saturated heterocycles. The van der Waals surface area contributed by atoms with Crippen LogP contribution in [0, 0.1) is 6.92 Å². The molecule has 0 bridgehead atoms. The summed E-state index contributed by atoms with van der Waals surface area (Å²) in [7, 11) is 0. The maximum absolute atomic E-state index is 11.1. The van der Waals surface area contributed by atoms with Gasteiger partial charge in [0.2, 0.25) is 0 Å². The van der Waals surface area contributed by atoms with Crippen molar-refractivity contribution in [3.8, 4) is 0 Å². The summed E-state index contributed by atoms with van der Waals surface area (Å²) in [6, 6.07) is 5.31. The highest BCUT2D eigenvalue weighted by molar-refractivity contribution is 6.31. The lowest BCUT2D eigenvalue weighted by molar-refractivity contribution is -0.139. The first-order chi connectivity index (χ1) is 8.54. The van der Waals surface area contributed by atoms with Crippen LogP contribution >= 0.6 is 11.6 Å². The third-order valence-corrected chi connectivity index (χ3v) is 3.34. The number of hydrogen-bond donors (Lipinski definition) is 2. The quantitative estimate of drug-likeness (QED) is 0.798. The van der Waals surface area contributed by atoms with Crippen molar-refractivity contribution < 1.29 is 9.90 Å². The van der Waals surface area contributed by atoms with Crippen molar-refractivity contribution in [3.05, 3.63) is 34.3 Å². The van der Waals surface area contributed by atoms with Crippen LogP contribution in [-0.4, -0.2) is 17.1 Å². The fraction of sp³-hybridized carbons (Fsp3) is 0.500. The van der Waals surface area contributed by atoms with E-state index in [1.807, 2.05) is 25.1 Å². The summed E-state index contributed by atoms with van der Waals surface area (Å²) in [6.07, 6.45) is 2.58. The largest absolute Gasteiger partial charge is 0.480 e. The highest BCUT2D eigenvalue weighted by Gasteiger charge is 2.15. The molecule has 2 N–H and O–H groups in total. The molecule has 0 aromatic heterocycles. The first kappa shape index (κ1) is 15.0. The number of hydrogen-bond acceptors (Lipinski definition) is 2. The summed E-state index contributed by atoms with van der Waals surface area (Å²) in [5, 5.41) is 12.9. The van der Waals surface area contributed by atoms with Gasteiger partial charge in [-0.1, -0.05) is 43.5 Å². The smallest absolute Gasteiger partial charge is 0.320 e. The van der Waals surface area contributed by atoms with Gasteiger partial charge in [0.15, 0.2) is 0 Å². The van der Waals surface area contributed by atoms with Gasteiger partial charge in [0, 0.05) is 11.6 Å². The number of aliphatic carboxylic acids is 1. The Morgan fingerprint density at radius 2 is 2.22 bits per heavy atom. The molecule has 0 heterocycles. The molecule has 3 nitrogen and oxygen atoms in total. The predicted octanol–water partition coefficient (Wildman–Crippen LogP) is 3.38. The molecule has 100 valence electrons. The molecule has 0 saturated carbocycles. The summed E-state index contributed by atoms with van der Waals surface area (Å²) < 4.78 is 0. The van der Waals surface area contributed by atoms with Crippen molar-refractivity contribution in [3.63, 3.8) is 0 Å². The minimum atomic E-state index is -0.790. The van der Waals surface area contributed by atoms with Gasteiger partial charge in [-0.05, 0) is 30.5 Å². The van der Waals surface area contributed by atoms with E-state index < -0.39 is 12.0 Å². The second kappa shape index (κ2) is 7.39. The average molecular weight is 270 g/mol. The highest BCUT2D eigenvalue weighted by atomic mass is 35.5. The van der Waals surface area contributed by atoms with Crippen LogP contribution in [0.3, 0.4) is 0 Å². The van der Waals surface area contributed by atoms with Crippen molar-refractivity contribution in [1.29, 1.82) is 0 Å². The van der Waals surface area contributed by atoms with Crippen molar-refractivity contribution >= 4 is 17.6 Å². The molecule has 0 aliphatic carbocycles. The van der Waals surface area contributed by atoms with Gasteiger partial charge in [0.05, 0.1) is 0 Å². The molecule has 0 amide bonds. The number of rotatable bonds is 7. The monoisotopic (exact) mass is 269 g/mol. The lowest BCUT2D eigenvalue weighted by Crippen LogP contribution is -2.36. The third-order valence-electron chi connectivity index (χ3n) is 2.93. The van der Waals surface area contributed by atoms with Crippen LogP contribution in [0.25, 0.3) is 0 Å². The second-order valence-electron chi connectivity index (χ2n) is 4.50. The summed E-state index contributed by atoms with van der Waals surface area (Å²) in [6.45, 7) is 4.53. The van der Waals surface area contributed by atoms with E-state index in [-0.39, 0.29) is 0 Å². The first-order valence-electron chi connectivity index (χ1n) is 6.25. The van der Waals surface area contributed by atoms with E-state index in [0.29, 0.717) is 13.0 Å².